The van der Waals surface area contributed by atoms with Crippen LogP contribution in [0.2, 0.25) is 5.02 Å². The van der Waals surface area contributed by atoms with Gasteiger partial charge in [-0.15, -0.1) is 0 Å². The Bertz CT molecular complexity index is 583. The Morgan fingerprint density at radius 3 is 2.94 bits per heavy atom. The summed E-state index contributed by atoms with van der Waals surface area (Å²) in [5.41, 5.74) is 7.13. The Kier molecular flexibility index (Phi) is 3.47. The number of esters is 1. The van der Waals surface area contributed by atoms with Crippen LogP contribution in [0.15, 0.2) is 22.8 Å². The zero-order valence-electron chi connectivity index (χ0n) is 9.51. The fourth-order valence-corrected chi connectivity index (χ4v) is 1.48. The molecule has 1 heterocycles. The summed E-state index contributed by atoms with van der Waals surface area (Å²) in [6.07, 6.45) is 0. The second-order valence-electron chi connectivity index (χ2n) is 3.57. The third-order valence-corrected chi connectivity index (χ3v) is 2.69. The van der Waals surface area contributed by atoms with Crippen LogP contribution in [0.4, 0.5) is 5.69 Å². The van der Waals surface area contributed by atoms with Crippen molar-refractivity contribution in [2.45, 2.75) is 13.5 Å². The number of rotatable bonds is 3. The van der Waals surface area contributed by atoms with Crippen molar-refractivity contribution in [3.05, 3.63) is 40.2 Å². The summed E-state index contributed by atoms with van der Waals surface area (Å²) in [6.45, 7) is 1.67. The predicted octanol–water partition coefficient (Wildman–Crippen LogP) is 1.97. The van der Waals surface area contributed by atoms with Gasteiger partial charge in [-0.1, -0.05) is 28.0 Å². The number of halogens is 1. The van der Waals surface area contributed by atoms with Crippen molar-refractivity contribution >= 4 is 23.3 Å². The number of nitrogen functional groups attached to an aromatic ring is 1. The van der Waals surface area contributed by atoms with Crippen LogP contribution < -0.4 is 5.73 Å². The highest BCUT2D eigenvalue weighted by Crippen LogP contribution is 2.23. The highest BCUT2D eigenvalue weighted by molar-refractivity contribution is 6.33. The maximum absolute atomic E-state index is 11.8. The Hall–Kier alpha value is -2.08. The maximum Gasteiger partial charge on any atom is 0.340 e. The molecule has 0 amide bonds. The molecule has 0 fully saturated rings. The lowest BCUT2D eigenvalue weighted by molar-refractivity contribution is 0.0464. The molecule has 0 aliphatic heterocycles. The first-order valence-electron chi connectivity index (χ1n) is 5.08. The smallest absolute Gasteiger partial charge is 0.340 e. The third-order valence-electron chi connectivity index (χ3n) is 2.36. The summed E-state index contributed by atoms with van der Waals surface area (Å²) < 4.78 is 9.54. The first-order valence-corrected chi connectivity index (χ1v) is 5.46. The van der Waals surface area contributed by atoms with Gasteiger partial charge in [0.15, 0.2) is 0 Å². The van der Waals surface area contributed by atoms with Crippen LogP contribution >= 0.6 is 11.6 Å². The van der Waals surface area contributed by atoms with Gasteiger partial charge < -0.3 is 10.5 Å². The van der Waals surface area contributed by atoms with Crippen LogP contribution in [-0.4, -0.2) is 16.3 Å². The molecular weight excluding hydrogens is 258 g/mol. The number of carbonyl (C=O) groups excluding carboxylic acids is 1. The predicted molar refractivity (Wildman–Crippen MR) is 64.0 cm³/mol. The van der Waals surface area contributed by atoms with Crippen molar-refractivity contribution in [3.8, 4) is 0 Å². The highest BCUT2D eigenvalue weighted by atomic mass is 35.5. The van der Waals surface area contributed by atoms with E-state index < -0.39 is 5.97 Å². The molecule has 94 valence electrons. The largest absolute Gasteiger partial charge is 0.455 e. The van der Waals surface area contributed by atoms with Crippen LogP contribution in [0, 0.1) is 6.92 Å². The van der Waals surface area contributed by atoms with Crippen LogP contribution in [0.3, 0.4) is 0 Å². The summed E-state index contributed by atoms with van der Waals surface area (Å²) in [4.78, 5) is 11.8. The fraction of sp³-hybridized carbons (Fsp3) is 0.182. The minimum Gasteiger partial charge on any atom is -0.455 e. The maximum atomic E-state index is 11.8. The first kappa shape index (κ1) is 12.4. The molecule has 0 radical (unpaired) electrons. The van der Waals surface area contributed by atoms with E-state index in [-0.39, 0.29) is 17.9 Å². The first-order chi connectivity index (χ1) is 8.59. The molecule has 0 saturated heterocycles. The number of hydrogen-bond acceptors (Lipinski definition) is 6. The Balaban J connectivity index is 2.09. The van der Waals surface area contributed by atoms with E-state index in [1.807, 2.05) is 0 Å². The molecular formula is C11H10ClN3O3. The lowest BCUT2D eigenvalue weighted by Gasteiger charge is -2.06. The normalized spacial score (nSPS) is 10.3. The van der Waals surface area contributed by atoms with E-state index in [1.165, 1.54) is 6.07 Å². The van der Waals surface area contributed by atoms with Gasteiger partial charge in [-0.2, -0.15) is 0 Å². The van der Waals surface area contributed by atoms with Crippen LogP contribution in [0.5, 0.6) is 0 Å². The zero-order valence-corrected chi connectivity index (χ0v) is 10.3. The molecule has 0 bridgehead atoms. The van der Waals surface area contributed by atoms with Crippen molar-refractivity contribution in [2.75, 3.05) is 5.73 Å². The minimum absolute atomic E-state index is 0.0277. The van der Waals surface area contributed by atoms with Gasteiger partial charge in [-0.3, -0.25) is 0 Å². The molecule has 0 aliphatic carbocycles. The van der Waals surface area contributed by atoms with Crippen molar-refractivity contribution in [2.24, 2.45) is 0 Å². The highest BCUT2D eigenvalue weighted by Gasteiger charge is 2.15. The third kappa shape index (κ3) is 2.43. The quantitative estimate of drug-likeness (QED) is 0.675. The number of para-hydroxylation sites is 1. The van der Waals surface area contributed by atoms with E-state index in [0.29, 0.717) is 16.4 Å². The van der Waals surface area contributed by atoms with Crippen molar-refractivity contribution in [1.29, 1.82) is 0 Å². The molecule has 2 rings (SSSR count). The van der Waals surface area contributed by atoms with E-state index in [0.717, 1.165) is 0 Å². The monoisotopic (exact) mass is 267 g/mol. The average molecular weight is 268 g/mol. The molecule has 2 N–H and O–H groups in total. The number of hydrogen-bond donors (Lipinski definition) is 1. The van der Waals surface area contributed by atoms with Gasteiger partial charge >= 0.3 is 5.97 Å². The number of nitrogens with zero attached hydrogens (tertiary/aromatic N) is 2. The molecule has 6 nitrogen and oxygen atoms in total. The van der Waals surface area contributed by atoms with Crippen molar-refractivity contribution < 1.29 is 14.2 Å². The molecule has 0 atom stereocenters. The van der Waals surface area contributed by atoms with E-state index in [2.05, 4.69) is 14.9 Å². The summed E-state index contributed by atoms with van der Waals surface area (Å²) in [7, 11) is 0. The topological polar surface area (TPSA) is 91.2 Å². The molecule has 0 spiro atoms. The Morgan fingerprint density at radius 2 is 2.28 bits per heavy atom. The van der Waals surface area contributed by atoms with E-state index in [1.54, 1.807) is 19.1 Å². The van der Waals surface area contributed by atoms with Gasteiger partial charge in [0.05, 0.1) is 16.3 Å². The number of ether oxygens (including phenoxy) is 1. The van der Waals surface area contributed by atoms with E-state index in [9.17, 15) is 4.79 Å². The van der Waals surface area contributed by atoms with Gasteiger partial charge in [0.25, 0.3) is 0 Å². The average Bonchev–Trinajstić information content (AvgIpc) is 2.75. The van der Waals surface area contributed by atoms with Gasteiger partial charge in [0.1, 0.15) is 18.0 Å². The number of nitrogens with two attached hydrogens (primary N) is 1. The lowest BCUT2D eigenvalue weighted by atomic mass is 10.2. The van der Waals surface area contributed by atoms with Gasteiger partial charge in [0.2, 0.25) is 0 Å². The molecule has 1 aromatic carbocycles. The summed E-state index contributed by atoms with van der Waals surface area (Å²) in [5.74, 6) is -0.572. The van der Waals surface area contributed by atoms with Gasteiger partial charge in [-0.25, -0.2) is 9.42 Å². The Morgan fingerprint density at radius 1 is 1.50 bits per heavy atom. The minimum atomic E-state index is -0.572. The zero-order chi connectivity index (χ0) is 13.1. The van der Waals surface area contributed by atoms with Crippen LogP contribution in [0.25, 0.3) is 0 Å². The number of aromatic nitrogens is 2. The van der Waals surface area contributed by atoms with Crippen molar-refractivity contribution in [3.63, 3.8) is 0 Å². The molecule has 18 heavy (non-hydrogen) atoms. The van der Waals surface area contributed by atoms with E-state index in [4.69, 9.17) is 22.1 Å². The molecule has 1 aromatic heterocycles. The summed E-state index contributed by atoms with van der Waals surface area (Å²) in [6, 6.07) is 4.76. The molecule has 0 unspecified atom stereocenters. The number of carbonyl (C=O) groups is 1. The van der Waals surface area contributed by atoms with Gasteiger partial charge in [0, 0.05) is 0 Å². The summed E-state index contributed by atoms with van der Waals surface area (Å²) in [5, 5.41) is 7.49. The SMILES string of the molecule is Cc1nonc1COC(=O)c1cccc(Cl)c1N. The Labute approximate surface area is 108 Å². The molecule has 2 aromatic rings. The number of aryl methyl sites for hydroxylation is 1. The standard InChI is InChI=1S/C11H10ClN3O3/c1-6-9(15-18-14-6)5-17-11(16)7-3-2-4-8(12)10(7)13/h2-4H,5,13H2,1H3. The molecule has 7 heteroatoms. The molecule has 0 aliphatic rings. The second-order valence-corrected chi connectivity index (χ2v) is 3.98. The van der Waals surface area contributed by atoms with Crippen LogP contribution in [-0.2, 0) is 11.3 Å². The van der Waals surface area contributed by atoms with Crippen LogP contribution in [0.1, 0.15) is 21.7 Å². The molecule has 0 saturated carbocycles. The van der Waals surface area contributed by atoms with Crippen molar-refractivity contribution in [1.82, 2.24) is 10.3 Å². The summed E-state index contributed by atoms with van der Waals surface area (Å²) >= 11 is 5.81. The fourth-order valence-electron chi connectivity index (χ4n) is 1.31. The second kappa shape index (κ2) is 5.05. The number of benzene rings is 1. The number of anilines is 1. The lowest BCUT2D eigenvalue weighted by Crippen LogP contribution is -2.09. The van der Waals surface area contributed by atoms with Gasteiger partial charge in [-0.05, 0) is 19.1 Å². The van der Waals surface area contributed by atoms with E-state index >= 15 is 0 Å².